The van der Waals surface area contributed by atoms with E-state index in [1.807, 2.05) is 53.4 Å². The molecule has 0 spiro atoms. The largest absolute Gasteiger partial charge is 0.493 e. The Morgan fingerprint density at radius 1 is 1.12 bits per heavy atom. The van der Waals surface area contributed by atoms with Crippen molar-refractivity contribution in [1.82, 2.24) is 10.2 Å². The molecule has 2 unspecified atom stereocenters. The molecule has 0 saturated carbocycles. The van der Waals surface area contributed by atoms with E-state index in [9.17, 15) is 4.79 Å². The van der Waals surface area contributed by atoms with Gasteiger partial charge in [-0.2, -0.15) is 0 Å². The molecule has 5 heteroatoms. The van der Waals surface area contributed by atoms with E-state index in [0.717, 1.165) is 36.4 Å². The van der Waals surface area contributed by atoms with Gasteiger partial charge in [0.2, 0.25) is 5.91 Å². The Balaban J connectivity index is 1.66. The number of carbonyl (C=O) groups excluding carboxylic acids is 1. The molecule has 4 rings (SSSR count). The first-order valence-electron chi connectivity index (χ1n) is 8.73. The van der Waals surface area contributed by atoms with Gasteiger partial charge in [0.25, 0.3) is 0 Å². The first-order chi connectivity index (χ1) is 12.3. The fraction of sp³-hybridized carbons (Fsp3) is 0.350. The van der Waals surface area contributed by atoms with Crippen molar-refractivity contribution in [2.75, 3.05) is 26.2 Å². The molecule has 2 aliphatic rings. The number of piperazine rings is 1. The molecule has 1 fully saturated rings. The van der Waals surface area contributed by atoms with Crippen LogP contribution in [0.1, 0.15) is 29.5 Å². The van der Waals surface area contributed by atoms with Crippen molar-refractivity contribution in [1.29, 1.82) is 0 Å². The van der Waals surface area contributed by atoms with Crippen molar-refractivity contribution in [3.8, 4) is 5.75 Å². The molecule has 2 aromatic rings. The van der Waals surface area contributed by atoms with Gasteiger partial charge in [-0.25, -0.2) is 0 Å². The Bertz CT molecular complexity index is 780. The van der Waals surface area contributed by atoms with E-state index < -0.39 is 0 Å². The van der Waals surface area contributed by atoms with Gasteiger partial charge >= 0.3 is 0 Å². The summed E-state index contributed by atoms with van der Waals surface area (Å²) in [7, 11) is 0. The summed E-state index contributed by atoms with van der Waals surface area (Å²) >= 11 is 6.41. The monoisotopic (exact) mass is 356 g/mol. The average Bonchev–Trinajstić information content (AvgIpc) is 2.67. The maximum atomic E-state index is 13.4. The highest BCUT2D eigenvalue weighted by molar-refractivity contribution is 6.31. The minimum atomic E-state index is -0.145. The second-order valence-electron chi connectivity index (χ2n) is 6.50. The van der Waals surface area contributed by atoms with Crippen LogP contribution in [0.2, 0.25) is 5.02 Å². The maximum Gasteiger partial charge on any atom is 0.230 e. The number of fused-ring (bicyclic) bond motifs is 1. The normalized spacial score (nSPS) is 22.8. The fourth-order valence-electron chi connectivity index (χ4n) is 3.79. The Labute approximate surface area is 152 Å². The molecule has 2 aliphatic heterocycles. The minimum absolute atomic E-state index is 0.0371. The predicted octanol–water partition coefficient (Wildman–Crippen LogP) is 3.38. The molecule has 25 heavy (non-hydrogen) atoms. The molecule has 4 nitrogen and oxygen atoms in total. The summed E-state index contributed by atoms with van der Waals surface area (Å²) < 4.78 is 5.72. The average molecular weight is 357 g/mol. The Kier molecular flexibility index (Phi) is 4.64. The van der Waals surface area contributed by atoms with Gasteiger partial charge in [0.05, 0.1) is 18.6 Å². The highest BCUT2D eigenvalue weighted by Gasteiger charge is 2.36. The van der Waals surface area contributed by atoms with Crippen LogP contribution in [0.15, 0.2) is 48.5 Å². The summed E-state index contributed by atoms with van der Waals surface area (Å²) in [6, 6.07) is 15.6. The van der Waals surface area contributed by atoms with E-state index in [1.54, 1.807) is 0 Å². The van der Waals surface area contributed by atoms with Crippen LogP contribution in [-0.4, -0.2) is 37.0 Å². The van der Waals surface area contributed by atoms with E-state index in [-0.39, 0.29) is 17.9 Å². The zero-order valence-corrected chi connectivity index (χ0v) is 14.7. The molecule has 0 radical (unpaired) electrons. The molecule has 0 bridgehead atoms. The molecule has 130 valence electrons. The lowest BCUT2D eigenvalue weighted by atomic mass is 9.90. The number of carbonyl (C=O) groups is 1. The molecule has 1 saturated heterocycles. The highest BCUT2D eigenvalue weighted by atomic mass is 35.5. The van der Waals surface area contributed by atoms with E-state index in [1.165, 1.54) is 0 Å². The van der Waals surface area contributed by atoms with Gasteiger partial charge in [0, 0.05) is 30.2 Å². The number of amides is 1. The Hall–Kier alpha value is -2.04. The molecule has 2 heterocycles. The van der Waals surface area contributed by atoms with Gasteiger partial charge in [-0.05, 0) is 24.1 Å². The van der Waals surface area contributed by atoms with E-state index in [2.05, 4.69) is 5.32 Å². The molecule has 1 amide bonds. The van der Waals surface area contributed by atoms with Crippen molar-refractivity contribution in [2.45, 2.75) is 18.4 Å². The third kappa shape index (κ3) is 3.12. The number of halogens is 1. The van der Waals surface area contributed by atoms with Crippen molar-refractivity contribution < 1.29 is 9.53 Å². The molecule has 2 aromatic carbocycles. The van der Waals surface area contributed by atoms with Crippen molar-refractivity contribution in [3.05, 3.63) is 64.7 Å². The van der Waals surface area contributed by atoms with Crippen LogP contribution in [0.3, 0.4) is 0 Å². The second kappa shape index (κ2) is 7.06. The molecule has 2 atom stereocenters. The van der Waals surface area contributed by atoms with Crippen LogP contribution < -0.4 is 10.1 Å². The minimum Gasteiger partial charge on any atom is -0.493 e. The Morgan fingerprint density at radius 2 is 1.88 bits per heavy atom. The van der Waals surface area contributed by atoms with Crippen LogP contribution in [-0.2, 0) is 4.79 Å². The molecule has 0 aromatic heterocycles. The van der Waals surface area contributed by atoms with Crippen molar-refractivity contribution >= 4 is 17.5 Å². The number of hydrogen-bond donors (Lipinski definition) is 1. The second-order valence-corrected chi connectivity index (χ2v) is 6.91. The lowest BCUT2D eigenvalue weighted by Crippen LogP contribution is -2.50. The first-order valence-corrected chi connectivity index (χ1v) is 9.11. The summed E-state index contributed by atoms with van der Waals surface area (Å²) in [5, 5.41) is 4.10. The lowest BCUT2D eigenvalue weighted by Gasteiger charge is -2.39. The standard InChI is InChI=1S/C20H21ClN2O2/c21-17-7-3-1-6-16(17)18-13-22-10-11-23(18)20(24)15-9-12-25-19-8-4-2-5-14(15)19/h1-8,15,18,22H,9-13H2. The van der Waals surface area contributed by atoms with Crippen molar-refractivity contribution in [3.63, 3.8) is 0 Å². The van der Waals surface area contributed by atoms with Crippen LogP contribution in [0.25, 0.3) is 0 Å². The number of benzene rings is 2. The summed E-state index contributed by atoms with van der Waals surface area (Å²) in [4.78, 5) is 15.4. The van der Waals surface area contributed by atoms with Gasteiger partial charge in [-0.15, -0.1) is 0 Å². The third-order valence-corrected chi connectivity index (χ3v) is 5.39. The number of nitrogens with zero attached hydrogens (tertiary/aromatic N) is 1. The van der Waals surface area contributed by atoms with Crippen molar-refractivity contribution in [2.24, 2.45) is 0 Å². The Morgan fingerprint density at radius 3 is 2.72 bits per heavy atom. The number of ether oxygens (including phenoxy) is 1. The van der Waals surface area contributed by atoms with E-state index in [4.69, 9.17) is 16.3 Å². The summed E-state index contributed by atoms with van der Waals surface area (Å²) in [5.74, 6) is 0.853. The fourth-order valence-corrected chi connectivity index (χ4v) is 4.05. The van der Waals surface area contributed by atoms with Crippen LogP contribution >= 0.6 is 11.6 Å². The lowest BCUT2D eigenvalue weighted by molar-refractivity contribution is -0.137. The number of rotatable bonds is 2. The quantitative estimate of drug-likeness (QED) is 0.896. The molecular formula is C20H21ClN2O2. The number of hydrogen-bond acceptors (Lipinski definition) is 3. The van der Waals surface area contributed by atoms with Gasteiger partial charge in [-0.3, -0.25) is 4.79 Å². The zero-order chi connectivity index (χ0) is 17.2. The zero-order valence-electron chi connectivity index (χ0n) is 14.0. The maximum absolute atomic E-state index is 13.4. The third-order valence-electron chi connectivity index (χ3n) is 5.05. The predicted molar refractivity (Wildman–Crippen MR) is 98.1 cm³/mol. The van der Waals surface area contributed by atoms with Crippen LogP contribution in [0, 0.1) is 0 Å². The molecular weight excluding hydrogens is 336 g/mol. The SMILES string of the molecule is O=C(C1CCOc2ccccc21)N1CCNCC1c1ccccc1Cl. The summed E-state index contributed by atoms with van der Waals surface area (Å²) in [5.41, 5.74) is 2.00. The van der Waals surface area contributed by atoms with Crippen LogP contribution in [0.4, 0.5) is 0 Å². The van der Waals surface area contributed by atoms with Crippen LogP contribution in [0.5, 0.6) is 5.75 Å². The number of para-hydroxylation sites is 1. The van der Waals surface area contributed by atoms with Gasteiger partial charge in [-0.1, -0.05) is 48.0 Å². The highest BCUT2D eigenvalue weighted by Crippen LogP contribution is 2.37. The van der Waals surface area contributed by atoms with E-state index >= 15 is 0 Å². The smallest absolute Gasteiger partial charge is 0.230 e. The van der Waals surface area contributed by atoms with E-state index in [0.29, 0.717) is 18.2 Å². The summed E-state index contributed by atoms with van der Waals surface area (Å²) in [6.07, 6.45) is 0.717. The first kappa shape index (κ1) is 16.4. The topological polar surface area (TPSA) is 41.6 Å². The number of nitrogens with one attached hydrogen (secondary N) is 1. The van der Waals surface area contributed by atoms with Gasteiger partial charge in [0.15, 0.2) is 0 Å². The summed E-state index contributed by atoms with van der Waals surface area (Å²) in [6.45, 7) is 2.79. The van der Waals surface area contributed by atoms with Gasteiger partial charge < -0.3 is 15.0 Å². The molecule has 0 aliphatic carbocycles. The van der Waals surface area contributed by atoms with Gasteiger partial charge in [0.1, 0.15) is 5.75 Å². The molecule has 1 N–H and O–H groups in total.